The van der Waals surface area contributed by atoms with Gasteiger partial charge in [-0.05, 0) is 36.1 Å². The van der Waals surface area contributed by atoms with Gasteiger partial charge >= 0.3 is 6.09 Å². The SMILES string of the molecule is O=C1OCC(CCCO)(c2ccc(Cl)c(Cl)c2)CN1Cc1ccccc1. The Morgan fingerprint density at radius 2 is 1.88 bits per heavy atom. The fourth-order valence-electron chi connectivity index (χ4n) is 3.40. The Morgan fingerprint density at radius 1 is 1.12 bits per heavy atom. The Morgan fingerprint density at radius 3 is 2.58 bits per heavy atom. The Kier molecular flexibility index (Phi) is 6.07. The Balaban J connectivity index is 1.90. The lowest BCUT2D eigenvalue weighted by Gasteiger charge is -2.42. The third kappa shape index (κ3) is 4.14. The molecule has 1 aliphatic heterocycles. The summed E-state index contributed by atoms with van der Waals surface area (Å²) in [5, 5.41) is 10.3. The molecule has 138 valence electrons. The number of halogens is 2. The van der Waals surface area contributed by atoms with E-state index in [9.17, 15) is 9.90 Å². The number of hydrogen-bond donors (Lipinski definition) is 1. The van der Waals surface area contributed by atoms with Gasteiger partial charge in [-0.2, -0.15) is 0 Å². The first-order valence-electron chi connectivity index (χ1n) is 8.56. The Bertz CT molecular complexity index is 769. The van der Waals surface area contributed by atoms with Crippen molar-refractivity contribution in [2.45, 2.75) is 24.8 Å². The molecule has 0 aliphatic carbocycles. The highest BCUT2D eigenvalue weighted by Crippen LogP contribution is 2.37. The van der Waals surface area contributed by atoms with E-state index >= 15 is 0 Å². The molecule has 1 heterocycles. The largest absolute Gasteiger partial charge is 0.448 e. The van der Waals surface area contributed by atoms with Crippen LogP contribution in [0.1, 0.15) is 24.0 Å². The molecule has 0 aromatic heterocycles. The second-order valence-electron chi connectivity index (χ2n) is 6.63. The molecule has 0 spiro atoms. The van der Waals surface area contributed by atoms with Crippen molar-refractivity contribution >= 4 is 29.3 Å². The third-order valence-electron chi connectivity index (χ3n) is 4.79. The zero-order valence-corrected chi connectivity index (χ0v) is 15.8. The molecule has 0 radical (unpaired) electrons. The van der Waals surface area contributed by atoms with Crippen molar-refractivity contribution in [3.8, 4) is 0 Å². The van der Waals surface area contributed by atoms with Crippen molar-refractivity contribution in [2.24, 2.45) is 0 Å². The van der Waals surface area contributed by atoms with E-state index in [4.69, 9.17) is 27.9 Å². The molecule has 1 N–H and O–H groups in total. The summed E-state index contributed by atoms with van der Waals surface area (Å²) in [6, 6.07) is 15.3. The number of aliphatic hydroxyl groups excluding tert-OH is 1. The minimum Gasteiger partial charge on any atom is -0.448 e. The highest BCUT2D eigenvalue weighted by atomic mass is 35.5. The standard InChI is InChI=1S/C20H21Cl2NO3/c21-17-8-7-16(11-18(17)22)20(9-4-10-24)13-23(19(25)26-14-20)12-15-5-2-1-3-6-15/h1-3,5-8,11,24H,4,9-10,12-14H2. The number of benzene rings is 2. The number of carbonyl (C=O) groups is 1. The van der Waals surface area contributed by atoms with E-state index in [0.717, 1.165) is 11.1 Å². The summed E-state index contributed by atoms with van der Waals surface area (Å²) < 4.78 is 5.53. The molecular formula is C20H21Cl2NO3. The number of cyclic esters (lactones) is 1. The van der Waals surface area contributed by atoms with Crippen LogP contribution in [0.5, 0.6) is 0 Å². The lowest BCUT2D eigenvalue weighted by Crippen LogP contribution is -2.52. The molecular weight excluding hydrogens is 373 g/mol. The summed E-state index contributed by atoms with van der Waals surface area (Å²) in [6.07, 6.45) is 0.963. The molecule has 26 heavy (non-hydrogen) atoms. The predicted molar refractivity (Wildman–Crippen MR) is 103 cm³/mol. The predicted octanol–water partition coefficient (Wildman–Crippen LogP) is 4.66. The number of hydrogen-bond acceptors (Lipinski definition) is 3. The fraction of sp³-hybridized carbons (Fsp3) is 0.350. The molecule has 2 aromatic carbocycles. The topological polar surface area (TPSA) is 49.8 Å². The number of rotatable bonds is 6. The van der Waals surface area contributed by atoms with Crippen molar-refractivity contribution in [2.75, 3.05) is 19.8 Å². The van der Waals surface area contributed by atoms with Crippen LogP contribution in [-0.4, -0.2) is 35.9 Å². The van der Waals surface area contributed by atoms with Gasteiger partial charge in [0.15, 0.2) is 0 Å². The van der Waals surface area contributed by atoms with Crippen LogP contribution in [0.4, 0.5) is 4.79 Å². The van der Waals surface area contributed by atoms with Crippen LogP contribution in [0, 0.1) is 0 Å². The van der Waals surface area contributed by atoms with Crippen LogP contribution in [0.25, 0.3) is 0 Å². The van der Waals surface area contributed by atoms with Gasteiger partial charge in [0.05, 0.1) is 10.0 Å². The van der Waals surface area contributed by atoms with Crippen LogP contribution >= 0.6 is 23.2 Å². The van der Waals surface area contributed by atoms with Crippen molar-refractivity contribution in [1.29, 1.82) is 0 Å². The lowest BCUT2D eigenvalue weighted by molar-refractivity contribution is 0.0190. The van der Waals surface area contributed by atoms with E-state index in [1.54, 1.807) is 11.0 Å². The monoisotopic (exact) mass is 393 g/mol. The van der Waals surface area contributed by atoms with Gasteiger partial charge in [-0.25, -0.2) is 4.79 Å². The van der Waals surface area contributed by atoms with Crippen molar-refractivity contribution < 1.29 is 14.6 Å². The number of carbonyl (C=O) groups excluding carboxylic acids is 1. The second-order valence-corrected chi connectivity index (χ2v) is 7.45. The van der Waals surface area contributed by atoms with E-state index in [-0.39, 0.29) is 19.3 Å². The average molecular weight is 394 g/mol. The summed E-state index contributed by atoms with van der Waals surface area (Å²) in [6.45, 7) is 1.31. The Hall–Kier alpha value is -1.75. The molecule has 1 unspecified atom stereocenters. The van der Waals surface area contributed by atoms with Gasteiger partial charge in [0.2, 0.25) is 0 Å². The van der Waals surface area contributed by atoms with Crippen LogP contribution in [0.2, 0.25) is 10.0 Å². The van der Waals surface area contributed by atoms with Gasteiger partial charge in [-0.15, -0.1) is 0 Å². The van der Waals surface area contributed by atoms with Crippen molar-refractivity contribution in [1.82, 2.24) is 4.90 Å². The van der Waals surface area contributed by atoms with Gasteiger partial charge in [-0.3, -0.25) is 0 Å². The minimum atomic E-state index is -0.431. The lowest BCUT2D eigenvalue weighted by atomic mass is 9.76. The second kappa shape index (κ2) is 8.30. The van der Waals surface area contributed by atoms with Gasteiger partial charge in [0.25, 0.3) is 0 Å². The van der Waals surface area contributed by atoms with Gasteiger partial charge in [0.1, 0.15) is 6.61 Å². The molecule has 3 rings (SSSR count). The first-order chi connectivity index (χ1) is 12.5. The number of ether oxygens (including phenoxy) is 1. The highest BCUT2D eigenvalue weighted by Gasteiger charge is 2.41. The molecule has 1 saturated heterocycles. The quantitative estimate of drug-likeness (QED) is 0.776. The Labute approximate surface area is 163 Å². The first kappa shape index (κ1) is 19.0. The number of aliphatic hydroxyl groups is 1. The van der Waals surface area contributed by atoms with Gasteiger partial charge in [0, 0.05) is 25.1 Å². The maximum Gasteiger partial charge on any atom is 0.410 e. The molecule has 1 aliphatic rings. The molecule has 0 bridgehead atoms. The summed E-state index contributed by atoms with van der Waals surface area (Å²) >= 11 is 12.3. The molecule has 6 heteroatoms. The van der Waals surface area contributed by atoms with Crippen LogP contribution in [0.3, 0.4) is 0 Å². The highest BCUT2D eigenvalue weighted by molar-refractivity contribution is 6.42. The summed E-state index contributed by atoms with van der Waals surface area (Å²) in [5.41, 5.74) is 1.57. The smallest absolute Gasteiger partial charge is 0.410 e. The van der Waals surface area contributed by atoms with Crippen LogP contribution in [0.15, 0.2) is 48.5 Å². The zero-order chi connectivity index (χ0) is 18.6. The molecule has 0 saturated carbocycles. The summed E-state index contributed by atoms with van der Waals surface area (Å²) in [7, 11) is 0. The van der Waals surface area contributed by atoms with E-state index in [2.05, 4.69) is 0 Å². The normalized spacial score (nSPS) is 20.1. The van der Waals surface area contributed by atoms with Crippen molar-refractivity contribution in [3.05, 3.63) is 69.7 Å². The summed E-state index contributed by atoms with van der Waals surface area (Å²) in [5.74, 6) is 0. The number of amides is 1. The summed E-state index contributed by atoms with van der Waals surface area (Å²) in [4.78, 5) is 14.0. The van der Waals surface area contributed by atoms with E-state index in [1.165, 1.54) is 0 Å². The van der Waals surface area contributed by atoms with E-state index < -0.39 is 5.41 Å². The van der Waals surface area contributed by atoms with Crippen LogP contribution < -0.4 is 0 Å². The average Bonchev–Trinajstić information content (AvgIpc) is 2.65. The maximum absolute atomic E-state index is 12.3. The molecule has 1 fully saturated rings. The zero-order valence-electron chi connectivity index (χ0n) is 14.3. The molecule has 4 nitrogen and oxygen atoms in total. The minimum absolute atomic E-state index is 0.0791. The molecule has 1 atom stereocenters. The van der Waals surface area contributed by atoms with E-state index in [1.807, 2.05) is 42.5 Å². The maximum atomic E-state index is 12.3. The first-order valence-corrected chi connectivity index (χ1v) is 9.32. The number of nitrogens with zero attached hydrogens (tertiary/aromatic N) is 1. The van der Waals surface area contributed by atoms with Crippen LogP contribution in [-0.2, 0) is 16.7 Å². The van der Waals surface area contributed by atoms with E-state index in [0.29, 0.717) is 36.0 Å². The molecule has 2 aromatic rings. The van der Waals surface area contributed by atoms with Crippen molar-refractivity contribution in [3.63, 3.8) is 0 Å². The molecule has 1 amide bonds. The fourth-order valence-corrected chi connectivity index (χ4v) is 3.70. The third-order valence-corrected chi connectivity index (χ3v) is 5.52. The van der Waals surface area contributed by atoms with Gasteiger partial charge in [-0.1, -0.05) is 59.6 Å². The van der Waals surface area contributed by atoms with Gasteiger partial charge < -0.3 is 14.7 Å².